The highest BCUT2D eigenvalue weighted by Crippen LogP contribution is 2.27. The van der Waals surface area contributed by atoms with Gasteiger partial charge in [0.2, 0.25) is 0 Å². The molecule has 4 rings (SSSR count). The molecule has 154 valence electrons. The van der Waals surface area contributed by atoms with Crippen LogP contribution in [0.1, 0.15) is 13.3 Å². The number of hydrogen-bond donors (Lipinski definition) is 2. The molecular formula is C21H24ClFN4O2. The van der Waals surface area contributed by atoms with E-state index in [1.807, 2.05) is 18.2 Å². The first kappa shape index (κ1) is 21.2. The van der Waals surface area contributed by atoms with Gasteiger partial charge in [-0.05, 0) is 36.8 Å². The van der Waals surface area contributed by atoms with Gasteiger partial charge in [-0.25, -0.2) is 14.4 Å². The Morgan fingerprint density at radius 1 is 1.17 bits per heavy atom. The average molecular weight is 419 g/mol. The fourth-order valence-corrected chi connectivity index (χ4v) is 2.85. The minimum Gasteiger partial charge on any atom is -0.494 e. The van der Waals surface area contributed by atoms with Crippen molar-refractivity contribution in [3.63, 3.8) is 0 Å². The molecule has 0 spiro atoms. The topological polar surface area (TPSA) is 68.3 Å². The molecule has 0 atom stereocenters. The van der Waals surface area contributed by atoms with E-state index in [2.05, 4.69) is 27.5 Å². The largest absolute Gasteiger partial charge is 0.494 e. The minimum absolute atomic E-state index is 0.0589. The number of halogens is 2. The number of nitrogens with zero attached hydrogens (tertiary/aromatic N) is 2. The molecule has 2 N–H and O–H groups in total. The summed E-state index contributed by atoms with van der Waals surface area (Å²) in [7, 11) is 0. The van der Waals surface area contributed by atoms with E-state index < -0.39 is 5.82 Å². The van der Waals surface area contributed by atoms with Gasteiger partial charge in [-0.3, -0.25) is 0 Å². The van der Waals surface area contributed by atoms with Gasteiger partial charge in [0.15, 0.2) is 0 Å². The third kappa shape index (κ3) is 6.25. The van der Waals surface area contributed by atoms with E-state index in [1.54, 1.807) is 6.07 Å². The molecule has 8 heteroatoms. The molecule has 0 bridgehead atoms. The lowest BCUT2D eigenvalue weighted by molar-refractivity contribution is 0.109. The minimum atomic E-state index is -0.456. The molecule has 0 unspecified atom stereocenters. The second-order valence-corrected chi connectivity index (χ2v) is 6.77. The number of ether oxygens (including phenoxy) is 2. The van der Waals surface area contributed by atoms with Crippen molar-refractivity contribution >= 4 is 34.0 Å². The molecule has 1 saturated heterocycles. The molecule has 1 aliphatic rings. The van der Waals surface area contributed by atoms with Crippen LogP contribution in [-0.2, 0) is 4.74 Å². The van der Waals surface area contributed by atoms with Crippen molar-refractivity contribution in [3.8, 4) is 5.75 Å². The summed E-state index contributed by atoms with van der Waals surface area (Å²) in [5, 5.41) is 7.20. The summed E-state index contributed by atoms with van der Waals surface area (Å²) in [6.45, 7) is 6.55. The fraction of sp³-hybridized carbons (Fsp3) is 0.333. The molecule has 1 fully saturated rings. The Labute approximate surface area is 174 Å². The number of fused-ring (bicyclic) bond motifs is 1. The first-order valence-electron chi connectivity index (χ1n) is 9.55. The van der Waals surface area contributed by atoms with E-state index >= 15 is 0 Å². The summed E-state index contributed by atoms with van der Waals surface area (Å²) in [6.07, 6.45) is 2.42. The molecule has 1 aromatic heterocycles. The zero-order valence-electron chi connectivity index (χ0n) is 16.3. The number of benzene rings is 2. The van der Waals surface area contributed by atoms with Crippen LogP contribution in [0.15, 0.2) is 42.7 Å². The number of anilines is 2. The van der Waals surface area contributed by atoms with Crippen molar-refractivity contribution in [3.05, 3.63) is 53.6 Å². The van der Waals surface area contributed by atoms with E-state index in [0.29, 0.717) is 18.1 Å². The quantitative estimate of drug-likeness (QED) is 0.633. The smallest absolute Gasteiger partial charge is 0.141 e. The normalized spacial score (nSPS) is 13.5. The van der Waals surface area contributed by atoms with Crippen LogP contribution >= 0.6 is 11.6 Å². The Kier molecular flexibility index (Phi) is 7.98. The number of hydrogen-bond acceptors (Lipinski definition) is 6. The molecule has 1 aliphatic heterocycles. The number of nitrogens with one attached hydrogen (secondary N) is 2. The van der Waals surface area contributed by atoms with E-state index in [4.69, 9.17) is 21.1 Å². The van der Waals surface area contributed by atoms with Crippen LogP contribution in [0.2, 0.25) is 5.02 Å². The Morgan fingerprint density at radius 3 is 2.66 bits per heavy atom. The molecule has 0 aliphatic carbocycles. The lowest BCUT2D eigenvalue weighted by atomic mass is 10.2. The van der Waals surface area contributed by atoms with Gasteiger partial charge in [0.25, 0.3) is 0 Å². The first-order chi connectivity index (χ1) is 14.2. The zero-order valence-corrected chi connectivity index (χ0v) is 17.0. The summed E-state index contributed by atoms with van der Waals surface area (Å²) in [5.74, 6) is 0.941. The van der Waals surface area contributed by atoms with Gasteiger partial charge in [-0.15, -0.1) is 0 Å². The summed E-state index contributed by atoms with van der Waals surface area (Å²) in [4.78, 5) is 8.51. The Balaban J connectivity index is 0.000000343. The Morgan fingerprint density at radius 2 is 2.00 bits per heavy atom. The van der Waals surface area contributed by atoms with Crippen molar-refractivity contribution in [2.45, 2.75) is 13.3 Å². The molecule has 3 aromatic rings. The van der Waals surface area contributed by atoms with Crippen molar-refractivity contribution < 1.29 is 13.9 Å². The van der Waals surface area contributed by atoms with Crippen LogP contribution in [0.5, 0.6) is 5.75 Å². The van der Waals surface area contributed by atoms with Crippen molar-refractivity contribution in [1.29, 1.82) is 0 Å². The van der Waals surface area contributed by atoms with Gasteiger partial charge >= 0.3 is 0 Å². The van der Waals surface area contributed by atoms with Gasteiger partial charge in [0.05, 0.1) is 30.4 Å². The fourth-order valence-electron chi connectivity index (χ4n) is 2.67. The van der Waals surface area contributed by atoms with Gasteiger partial charge in [-0.2, -0.15) is 0 Å². The monoisotopic (exact) mass is 418 g/mol. The van der Waals surface area contributed by atoms with Crippen molar-refractivity contribution in [2.75, 3.05) is 38.2 Å². The summed E-state index contributed by atoms with van der Waals surface area (Å²) in [6, 6.07) is 10.1. The van der Waals surface area contributed by atoms with Crippen molar-refractivity contribution in [1.82, 2.24) is 15.3 Å². The third-order valence-electron chi connectivity index (χ3n) is 4.11. The highest BCUT2D eigenvalue weighted by atomic mass is 35.5. The predicted molar refractivity (Wildman–Crippen MR) is 114 cm³/mol. The SMILES string of the molecule is C1COCCN1.CCCOc1ccc2c(Nc3ccc(F)c(Cl)c3)ncnc2c1. The average Bonchev–Trinajstić information content (AvgIpc) is 2.76. The standard InChI is InChI=1S/C17H15ClFN3O.C4H9NO/c1-2-7-23-12-4-5-13-16(9-12)20-10-21-17(13)22-11-3-6-15(19)14(18)8-11;1-3-6-4-2-5-1/h3-6,8-10H,2,7H2,1H3,(H,20,21,22);5H,1-4H2. The molecule has 29 heavy (non-hydrogen) atoms. The van der Waals surface area contributed by atoms with Crippen LogP contribution in [0.25, 0.3) is 10.9 Å². The molecule has 0 amide bonds. The molecule has 0 saturated carbocycles. The van der Waals surface area contributed by atoms with E-state index in [0.717, 1.165) is 49.4 Å². The molecular weight excluding hydrogens is 395 g/mol. The second-order valence-electron chi connectivity index (χ2n) is 6.37. The van der Waals surface area contributed by atoms with Crippen LogP contribution in [0, 0.1) is 5.82 Å². The predicted octanol–water partition coefficient (Wildman–Crippen LogP) is 4.56. The maximum atomic E-state index is 13.2. The van der Waals surface area contributed by atoms with E-state index in [1.165, 1.54) is 18.5 Å². The number of aromatic nitrogens is 2. The molecule has 6 nitrogen and oxygen atoms in total. The second kappa shape index (κ2) is 10.9. The lowest BCUT2D eigenvalue weighted by Crippen LogP contribution is -2.30. The van der Waals surface area contributed by atoms with Crippen LogP contribution in [0.3, 0.4) is 0 Å². The molecule has 2 aromatic carbocycles. The van der Waals surface area contributed by atoms with Crippen LogP contribution in [0.4, 0.5) is 15.9 Å². The highest BCUT2D eigenvalue weighted by molar-refractivity contribution is 6.31. The molecule has 2 heterocycles. The van der Waals surface area contributed by atoms with E-state index in [-0.39, 0.29) is 5.02 Å². The maximum Gasteiger partial charge on any atom is 0.141 e. The zero-order chi connectivity index (χ0) is 20.5. The summed E-state index contributed by atoms with van der Waals surface area (Å²) < 4.78 is 23.9. The lowest BCUT2D eigenvalue weighted by Gasteiger charge is -2.10. The highest BCUT2D eigenvalue weighted by Gasteiger charge is 2.07. The van der Waals surface area contributed by atoms with Gasteiger partial charge < -0.3 is 20.1 Å². The third-order valence-corrected chi connectivity index (χ3v) is 4.40. The summed E-state index contributed by atoms with van der Waals surface area (Å²) in [5.41, 5.74) is 1.42. The van der Waals surface area contributed by atoms with Gasteiger partial charge in [0, 0.05) is 30.2 Å². The van der Waals surface area contributed by atoms with Gasteiger partial charge in [-0.1, -0.05) is 18.5 Å². The van der Waals surface area contributed by atoms with Crippen molar-refractivity contribution in [2.24, 2.45) is 0 Å². The molecule has 0 radical (unpaired) electrons. The first-order valence-corrected chi connectivity index (χ1v) is 9.93. The number of morpholine rings is 1. The Hall–Kier alpha value is -2.48. The van der Waals surface area contributed by atoms with Crippen LogP contribution < -0.4 is 15.4 Å². The summed E-state index contributed by atoms with van der Waals surface area (Å²) >= 11 is 5.80. The van der Waals surface area contributed by atoms with Crippen LogP contribution in [-0.4, -0.2) is 42.9 Å². The Bertz CT molecular complexity index is 926. The van der Waals surface area contributed by atoms with E-state index in [9.17, 15) is 4.39 Å². The maximum absolute atomic E-state index is 13.2. The van der Waals surface area contributed by atoms with Gasteiger partial charge in [0.1, 0.15) is 23.7 Å². The number of rotatable bonds is 5.